The Balaban J connectivity index is 2.17. The summed E-state index contributed by atoms with van der Waals surface area (Å²) < 4.78 is 5.25. The van der Waals surface area contributed by atoms with Crippen LogP contribution < -0.4 is 0 Å². The second kappa shape index (κ2) is 5.87. The topological polar surface area (TPSA) is 92.9 Å². The summed E-state index contributed by atoms with van der Waals surface area (Å²) in [5.74, 6) is -0.752. The number of methoxy groups -OCH3 is 1. The summed E-state index contributed by atoms with van der Waals surface area (Å²) in [5, 5.41) is 20.2. The van der Waals surface area contributed by atoms with E-state index in [0.29, 0.717) is 13.1 Å². The quantitative estimate of drug-likeness (QED) is 0.669. The van der Waals surface area contributed by atoms with Crippen molar-refractivity contribution in [3.05, 3.63) is 33.9 Å². The molecule has 1 aromatic carbocycles. The Morgan fingerprint density at radius 3 is 2.90 bits per heavy atom. The monoisotopic (exact) mass is 280 g/mol. The number of rotatable bonds is 3. The highest BCUT2D eigenvalue weighted by atomic mass is 16.6. The van der Waals surface area contributed by atoms with Crippen molar-refractivity contribution in [1.82, 2.24) is 4.90 Å². The number of benzene rings is 1. The standard InChI is InChI=1S/C13H16N2O5/c1-20-10-3-2-6-14(8-10)13(17)9-4-5-11(15(18)19)12(16)7-9/h4-5,7,10,16H,2-3,6,8H2,1H3/t10-/m0/s1. The molecule has 108 valence electrons. The zero-order valence-corrected chi connectivity index (χ0v) is 11.1. The highest BCUT2D eigenvalue weighted by Crippen LogP contribution is 2.27. The van der Waals surface area contributed by atoms with Gasteiger partial charge in [-0.15, -0.1) is 0 Å². The number of phenols is 1. The molecule has 1 aromatic rings. The van der Waals surface area contributed by atoms with Crippen molar-refractivity contribution in [3.8, 4) is 5.75 Å². The van der Waals surface area contributed by atoms with Gasteiger partial charge in [-0.2, -0.15) is 0 Å². The van der Waals surface area contributed by atoms with Gasteiger partial charge in [-0.3, -0.25) is 14.9 Å². The summed E-state index contributed by atoms with van der Waals surface area (Å²) in [6.45, 7) is 1.11. The number of phenolic OH excluding ortho intramolecular Hbond substituents is 1. The number of hydrogen-bond acceptors (Lipinski definition) is 5. The van der Waals surface area contributed by atoms with Crippen LogP contribution in [0.4, 0.5) is 5.69 Å². The molecular formula is C13H16N2O5. The lowest BCUT2D eigenvalue weighted by Gasteiger charge is -2.32. The predicted octanol–water partition coefficient (Wildman–Crippen LogP) is 1.55. The molecule has 20 heavy (non-hydrogen) atoms. The number of carbonyl (C=O) groups excluding carboxylic acids is 1. The van der Waals surface area contributed by atoms with Gasteiger partial charge in [0.25, 0.3) is 5.91 Å². The maximum absolute atomic E-state index is 12.3. The lowest BCUT2D eigenvalue weighted by atomic mass is 10.1. The van der Waals surface area contributed by atoms with Crippen LogP contribution in [0.15, 0.2) is 18.2 Å². The Hall–Kier alpha value is -2.15. The Morgan fingerprint density at radius 1 is 1.55 bits per heavy atom. The molecule has 1 heterocycles. The number of aromatic hydroxyl groups is 1. The fourth-order valence-electron chi connectivity index (χ4n) is 2.31. The van der Waals surface area contributed by atoms with E-state index in [4.69, 9.17) is 4.74 Å². The van der Waals surface area contributed by atoms with Gasteiger partial charge in [-0.25, -0.2) is 0 Å². The number of piperidine rings is 1. The van der Waals surface area contributed by atoms with E-state index in [1.54, 1.807) is 12.0 Å². The zero-order valence-electron chi connectivity index (χ0n) is 11.1. The van der Waals surface area contributed by atoms with Gasteiger partial charge >= 0.3 is 5.69 Å². The molecule has 0 bridgehead atoms. The first-order valence-corrected chi connectivity index (χ1v) is 6.32. The molecule has 1 saturated heterocycles. The van der Waals surface area contributed by atoms with E-state index in [-0.39, 0.29) is 17.6 Å². The largest absolute Gasteiger partial charge is 0.502 e. The van der Waals surface area contributed by atoms with Crippen LogP contribution in [0.2, 0.25) is 0 Å². The minimum atomic E-state index is -0.689. The highest BCUT2D eigenvalue weighted by Gasteiger charge is 2.25. The molecule has 7 nitrogen and oxygen atoms in total. The van der Waals surface area contributed by atoms with Crippen LogP contribution in [0.1, 0.15) is 23.2 Å². The van der Waals surface area contributed by atoms with Crippen molar-refractivity contribution in [2.24, 2.45) is 0 Å². The molecule has 0 saturated carbocycles. The average Bonchev–Trinajstić information content (AvgIpc) is 2.46. The molecule has 1 amide bonds. The summed E-state index contributed by atoms with van der Waals surface area (Å²) in [5.41, 5.74) is -0.167. The lowest BCUT2D eigenvalue weighted by molar-refractivity contribution is -0.385. The second-order valence-corrected chi connectivity index (χ2v) is 4.71. The van der Waals surface area contributed by atoms with Crippen LogP contribution in [0.3, 0.4) is 0 Å². The van der Waals surface area contributed by atoms with Crippen molar-refractivity contribution < 1.29 is 19.6 Å². The second-order valence-electron chi connectivity index (χ2n) is 4.71. The number of carbonyl (C=O) groups is 1. The molecule has 0 unspecified atom stereocenters. The van der Waals surface area contributed by atoms with Crippen molar-refractivity contribution >= 4 is 11.6 Å². The number of likely N-dealkylation sites (tertiary alicyclic amines) is 1. The third-order valence-corrected chi connectivity index (χ3v) is 3.42. The molecular weight excluding hydrogens is 264 g/mol. The zero-order chi connectivity index (χ0) is 14.7. The average molecular weight is 280 g/mol. The van der Waals surface area contributed by atoms with Crippen LogP contribution >= 0.6 is 0 Å². The van der Waals surface area contributed by atoms with Gasteiger partial charge in [0.2, 0.25) is 0 Å². The lowest BCUT2D eigenvalue weighted by Crippen LogP contribution is -2.42. The fraction of sp³-hybridized carbons (Fsp3) is 0.462. The summed E-state index contributed by atoms with van der Waals surface area (Å²) in [6.07, 6.45) is 1.77. The van der Waals surface area contributed by atoms with Crippen LogP contribution in [-0.2, 0) is 4.74 Å². The van der Waals surface area contributed by atoms with Crippen molar-refractivity contribution in [1.29, 1.82) is 0 Å². The van der Waals surface area contributed by atoms with Gasteiger partial charge in [0.15, 0.2) is 5.75 Å². The summed E-state index contributed by atoms with van der Waals surface area (Å²) in [6, 6.07) is 3.63. The van der Waals surface area contributed by atoms with E-state index in [1.165, 1.54) is 6.07 Å². The van der Waals surface area contributed by atoms with Crippen molar-refractivity contribution in [2.45, 2.75) is 18.9 Å². The van der Waals surface area contributed by atoms with Crippen LogP contribution in [-0.4, -0.2) is 47.1 Å². The van der Waals surface area contributed by atoms with E-state index in [2.05, 4.69) is 0 Å². The van der Waals surface area contributed by atoms with Gasteiger partial charge in [0, 0.05) is 31.8 Å². The van der Waals surface area contributed by atoms with Crippen molar-refractivity contribution in [2.75, 3.05) is 20.2 Å². The van der Waals surface area contributed by atoms with E-state index in [1.807, 2.05) is 0 Å². The normalized spacial score (nSPS) is 18.9. The summed E-state index contributed by atoms with van der Waals surface area (Å²) in [4.78, 5) is 23.9. The molecule has 1 N–H and O–H groups in total. The molecule has 1 fully saturated rings. The van der Waals surface area contributed by atoms with E-state index in [9.17, 15) is 20.0 Å². The first kappa shape index (κ1) is 14.3. The minimum absolute atomic E-state index is 0.0133. The SMILES string of the molecule is CO[C@H]1CCCN(C(=O)c2ccc([N+](=O)[O-])c(O)c2)C1. The number of nitro benzene ring substituents is 1. The molecule has 0 aromatic heterocycles. The molecule has 2 rings (SSSR count). The molecule has 7 heteroatoms. The summed E-state index contributed by atoms with van der Waals surface area (Å²) in [7, 11) is 1.61. The molecule has 1 aliphatic rings. The number of hydrogen-bond donors (Lipinski definition) is 1. The van der Waals surface area contributed by atoms with Crippen LogP contribution in [0, 0.1) is 10.1 Å². The predicted molar refractivity (Wildman–Crippen MR) is 70.7 cm³/mol. The molecule has 0 spiro atoms. The number of amides is 1. The van der Waals surface area contributed by atoms with Crippen LogP contribution in [0.5, 0.6) is 5.75 Å². The number of nitro groups is 1. The third kappa shape index (κ3) is 2.88. The first-order chi connectivity index (χ1) is 9.52. The van der Waals surface area contributed by atoms with Gasteiger partial charge in [-0.1, -0.05) is 0 Å². The van der Waals surface area contributed by atoms with E-state index in [0.717, 1.165) is 25.0 Å². The third-order valence-electron chi connectivity index (χ3n) is 3.42. The van der Waals surface area contributed by atoms with Gasteiger partial charge < -0.3 is 14.7 Å². The smallest absolute Gasteiger partial charge is 0.310 e. The highest BCUT2D eigenvalue weighted by molar-refractivity contribution is 5.95. The fourth-order valence-corrected chi connectivity index (χ4v) is 2.31. The Morgan fingerprint density at radius 2 is 2.30 bits per heavy atom. The molecule has 1 atom stereocenters. The number of ether oxygens (including phenoxy) is 1. The van der Waals surface area contributed by atoms with E-state index >= 15 is 0 Å². The van der Waals surface area contributed by atoms with Gasteiger partial charge in [0.05, 0.1) is 11.0 Å². The molecule has 1 aliphatic heterocycles. The summed E-state index contributed by atoms with van der Waals surface area (Å²) >= 11 is 0. The molecule has 0 radical (unpaired) electrons. The maximum Gasteiger partial charge on any atom is 0.310 e. The van der Waals surface area contributed by atoms with Crippen LogP contribution in [0.25, 0.3) is 0 Å². The Bertz CT molecular complexity index is 531. The van der Waals surface area contributed by atoms with Gasteiger partial charge in [0.1, 0.15) is 0 Å². The molecule has 0 aliphatic carbocycles. The Kier molecular flexibility index (Phi) is 4.19. The van der Waals surface area contributed by atoms with E-state index < -0.39 is 16.4 Å². The Labute approximate surface area is 115 Å². The maximum atomic E-state index is 12.3. The van der Waals surface area contributed by atoms with Crippen molar-refractivity contribution in [3.63, 3.8) is 0 Å². The minimum Gasteiger partial charge on any atom is -0.502 e. The van der Waals surface area contributed by atoms with Gasteiger partial charge in [-0.05, 0) is 25.0 Å². The first-order valence-electron chi connectivity index (χ1n) is 6.32. The number of nitrogens with zero attached hydrogens (tertiary/aromatic N) is 2.